The number of nitrogens with zero attached hydrogens (tertiary/aromatic N) is 1. The van der Waals surface area contributed by atoms with Crippen LogP contribution in [-0.2, 0) is 14.3 Å². The molecule has 4 unspecified atom stereocenters. The molecular formula is C28H40N2O8. The van der Waals surface area contributed by atoms with Crippen molar-refractivity contribution >= 4 is 18.1 Å². The van der Waals surface area contributed by atoms with Crippen molar-refractivity contribution in [2.75, 3.05) is 40.5 Å². The fourth-order valence-corrected chi connectivity index (χ4v) is 5.21. The number of aldehydes is 1. The number of carbonyl (C=O) groups excluding carboxylic acids is 3. The number of hydrogen-bond acceptors (Lipinski definition) is 8. The third kappa shape index (κ3) is 6.54. The van der Waals surface area contributed by atoms with Crippen molar-refractivity contribution in [3.8, 4) is 11.5 Å². The van der Waals surface area contributed by atoms with Crippen molar-refractivity contribution in [1.29, 1.82) is 0 Å². The minimum Gasteiger partial charge on any atom is -0.493 e. The van der Waals surface area contributed by atoms with E-state index in [9.17, 15) is 24.6 Å². The fourth-order valence-electron chi connectivity index (χ4n) is 5.21. The van der Waals surface area contributed by atoms with Gasteiger partial charge in [-0.15, -0.1) is 0 Å². The molecule has 0 bridgehead atoms. The molecule has 2 amide bonds. The van der Waals surface area contributed by atoms with Gasteiger partial charge in [-0.05, 0) is 24.6 Å². The second-order valence-corrected chi connectivity index (χ2v) is 9.65. The number of carbonyl (C=O) groups is 3. The lowest BCUT2D eigenvalue weighted by Gasteiger charge is -2.40. The van der Waals surface area contributed by atoms with E-state index in [-0.39, 0.29) is 32.2 Å². The van der Waals surface area contributed by atoms with Crippen molar-refractivity contribution in [3.05, 3.63) is 34.9 Å². The number of rotatable bonds is 15. The molecule has 10 heteroatoms. The van der Waals surface area contributed by atoms with E-state index in [1.165, 1.54) is 20.3 Å². The van der Waals surface area contributed by atoms with E-state index >= 15 is 0 Å². The van der Waals surface area contributed by atoms with Gasteiger partial charge in [-0.3, -0.25) is 14.4 Å². The van der Waals surface area contributed by atoms with Crippen LogP contribution in [0.3, 0.4) is 0 Å². The van der Waals surface area contributed by atoms with Gasteiger partial charge in [0, 0.05) is 43.3 Å². The van der Waals surface area contributed by atoms with Crippen molar-refractivity contribution in [2.24, 2.45) is 0 Å². The van der Waals surface area contributed by atoms with Gasteiger partial charge in [-0.2, -0.15) is 0 Å². The highest BCUT2D eigenvalue weighted by Gasteiger charge is 2.51. The summed E-state index contributed by atoms with van der Waals surface area (Å²) in [6, 6.07) is 2.32. The minimum absolute atomic E-state index is 0.0380. The first-order chi connectivity index (χ1) is 18.4. The zero-order valence-electron chi connectivity index (χ0n) is 22.5. The number of unbranched alkanes of at least 4 members (excludes halogenated alkanes) is 4. The SMILES string of the molecule is CCCCCCCC(=O)N(CCOC)C1C=C(C(=O)NCCO)C2c3cc(C=O)cc(OC)c3OC2C1O. The predicted molar refractivity (Wildman–Crippen MR) is 140 cm³/mol. The molecule has 210 valence electrons. The molecule has 1 aromatic carbocycles. The van der Waals surface area contributed by atoms with Crippen LogP contribution < -0.4 is 14.8 Å². The summed E-state index contributed by atoms with van der Waals surface area (Å²) in [4.78, 5) is 39.8. The second-order valence-electron chi connectivity index (χ2n) is 9.65. The average molecular weight is 533 g/mol. The number of ether oxygens (including phenoxy) is 3. The molecule has 1 aliphatic heterocycles. The highest BCUT2D eigenvalue weighted by molar-refractivity contribution is 5.96. The van der Waals surface area contributed by atoms with Gasteiger partial charge in [0.05, 0.1) is 32.3 Å². The van der Waals surface area contributed by atoms with Crippen LogP contribution in [-0.4, -0.2) is 92.0 Å². The lowest BCUT2D eigenvalue weighted by atomic mass is 9.77. The summed E-state index contributed by atoms with van der Waals surface area (Å²) in [5, 5.41) is 23.5. The summed E-state index contributed by atoms with van der Waals surface area (Å²) in [6.07, 6.45) is 5.52. The molecule has 1 heterocycles. The van der Waals surface area contributed by atoms with Crippen molar-refractivity contribution < 1.29 is 38.8 Å². The largest absolute Gasteiger partial charge is 0.493 e. The highest BCUT2D eigenvalue weighted by atomic mass is 16.5. The Morgan fingerprint density at radius 3 is 2.61 bits per heavy atom. The zero-order valence-corrected chi connectivity index (χ0v) is 22.5. The number of benzene rings is 1. The molecule has 2 aliphatic rings. The summed E-state index contributed by atoms with van der Waals surface area (Å²) in [5.74, 6) is -0.617. The van der Waals surface area contributed by atoms with Crippen LogP contribution in [0.15, 0.2) is 23.8 Å². The molecule has 0 aromatic heterocycles. The summed E-state index contributed by atoms with van der Waals surface area (Å²) in [7, 11) is 2.99. The van der Waals surface area contributed by atoms with Crippen molar-refractivity contribution in [2.45, 2.75) is 69.6 Å². The van der Waals surface area contributed by atoms with E-state index in [1.54, 1.807) is 17.0 Å². The number of aliphatic hydroxyl groups is 2. The first-order valence-corrected chi connectivity index (χ1v) is 13.3. The molecule has 3 rings (SSSR count). The van der Waals surface area contributed by atoms with Crippen LogP contribution >= 0.6 is 0 Å². The molecule has 3 N–H and O–H groups in total. The Kier molecular flexibility index (Phi) is 11.1. The molecule has 0 saturated heterocycles. The van der Waals surface area contributed by atoms with Gasteiger partial charge >= 0.3 is 0 Å². The monoisotopic (exact) mass is 532 g/mol. The van der Waals surface area contributed by atoms with Gasteiger partial charge in [0.1, 0.15) is 18.5 Å². The maximum atomic E-state index is 13.4. The van der Waals surface area contributed by atoms with Crippen LogP contribution in [0.4, 0.5) is 0 Å². The van der Waals surface area contributed by atoms with Gasteiger partial charge in [0.25, 0.3) is 0 Å². The van der Waals surface area contributed by atoms with Gasteiger partial charge in [0.2, 0.25) is 11.8 Å². The van der Waals surface area contributed by atoms with Gasteiger partial charge in [-0.1, -0.05) is 32.6 Å². The Balaban J connectivity index is 1.99. The number of hydrogen-bond donors (Lipinski definition) is 3. The van der Waals surface area contributed by atoms with Crippen LogP contribution in [0.25, 0.3) is 0 Å². The molecule has 0 spiro atoms. The van der Waals surface area contributed by atoms with Gasteiger partial charge < -0.3 is 34.6 Å². The third-order valence-electron chi connectivity index (χ3n) is 7.12. The predicted octanol–water partition coefficient (Wildman–Crippen LogP) is 1.97. The Hall–Kier alpha value is -2.95. The van der Waals surface area contributed by atoms with Crippen LogP contribution in [0.5, 0.6) is 11.5 Å². The molecule has 0 radical (unpaired) electrons. The summed E-state index contributed by atoms with van der Waals surface area (Å²) < 4.78 is 16.9. The molecule has 1 aliphatic carbocycles. The maximum Gasteiger partial charge on any atom is 0.247 e. The maximum absolute atomic E-state index is 13.4. The number of amides is 2. The highest BCUT2D eigenvalue weighted by Crippen LogP contribution is 2.51. The van der Waals surface area contributed by atoms with Gasteiger partial charge in [-0.25, -0.2) is 0 Å². The first kappa shape index (κ1) is 29.6. The summed E-state index contributed by atoms with van der Waals surface area (Å²) in [6.45, 7) is 2.42. The minimum atomic E-state index is -1.16. The molecule has 0 saturated carbocycles. The number of methoxy groups -OCH3 is 2. The smallest absolute Gasteiger partial charge is 0.247 e. The second kappa shape index (κ2) is 14.3. The van der Waals surface area contributed by atoms with Crippen molar-refractivity contribution in [3.63, 3.8) is 0 Å². The van der Waals surface area contributed by atoms with Crippen molar-refractivity contribution in [1.82, 2.24) is 10.2 Å². The molecule has 10 nitrogen and oxygen atoms in total. The molecule has 1 aromatic rings. The Bertz CT molecular complexity index is 1010. The number of fused-ring (bicyclic) bond motifs is 3. The van der Waals surface area contributed by atoms with E-state index < -0.39 is 30.1 Å². The Morgan fingerprint density at radius 1 is 1.18 bits per heavy atom. The molecule has 4 atom stereocenters. The lowest BCUT2D eigenvalue weighted by Crippen LogP contribution is -2.56. The standard InChI is InChI=1S/C28H40N2O8/c1-4-5-6-7-8-9-23(33)30(11-13-36-2)21-16-20(28(35)29-10-12-31)24-19-14-18(17-32)15-22(37-3)26(19)38-27(24)25(21)34/h14-17,21,24-25,27,31,34H,4-13H2,1-3H3,(H,29,35). The van der Waals surface area contributed by atoms with E-state index in [2.05, 4.69) is 12.2 Å². The Morgan fingerprint density at radius 2 is 1.95 bits per heavy atom. The summed E-state index contributed by atoms with van der Waals surface area (Å²) in [5.41, 5.74) is 1.18. The number of nitrogens with one attached hydrogen (secondary N) is 1. The quantitative estimate of drug-likeness (QED) is 0.231. The van der Waals surface area contributed by atoms with E-state index in [0.29, 0.717) is 40.9 Å². The molecular weight excluding hydrogens is 492 g/mol. The molecule has 0 fully saturated rings. The van der Waals surface area contributed by atoms with E-state index in [0.717, 1.165) is 32.1 Å². The first-order valence-electron chi connectivity index (χ1n) is 13.3. The van der Waals surface area contributed by atoms with E-state index in [4.69, 9.17) is 14.2 Å². The average Bonchev–Trinajstić information content (AvgIpc) is 3.32. The number of aliphatic hydroxyl groups excluding tert-OH is 2. The topological polar surface area (TPSA) is 135 Å². The third-order valence-corrected chi connectivity index (χ3v) is 7.12. The fraction of sp³-hybridized carbons (Fsp3) is 0.607. The van der Waals surface area contributed by atoms with Gasteiger partial charge in [0.15, 0.2) is 11.5 Å². The van der Waals surface area contributed by atoms with Crippen LogP contribution in [0.2, 0.25) is 0 Å². The van der Waals surface area contributed by atoms with Crippen LogP contribution in [0, 0.1) is 0 Å². The normalized spacial score (nSPS) is 21.6. The summed E-state index contributed by atoms with van der Waals surface area (Å²) >= 11 is 0. The van der Waals surface area contributed by atoms with Crippen LogP contribution in [0.1, 0.15) is 67.3 Å². The Labute approximate surface area is 223 Å². The lowest BCUT2D eigenvalue weighted by molar-refractivity contribution is -0.138. The molecule has 38 heavy (non-hydrogen) atoms. The van der Waals surface area contributed by atoms with E-state index in [1.807, 2.05) is 0 Å². The zero-order chi connectivity index (χ0) is 27.7.